The van der Waals surface area contributed by atoms with Crippen LogP contribution in [0.4, 0.5) is 0 Å². The maximum Gasteiger partial charge on any atom is 0.0356 e. The third-order valence-electron chi connectivity index (χ3n) is 3.36. The summed E-state index contributed by atoms with van der Waals surface area (Å²) in [4.78, 5) is 2.46. The summed E-state index contributed by atoms with van der Waals surface area (Å²) in [5, 5.41) is 0. The Morgan fingerprint density at radius 1 is 1.58 bits per heavy atom. The van der Waals surface area contributed by atoms with Crippen LogP contribution < -0.4 is 5.73 Å². The lowest BCUT2D eigenvalue weighted by Crippen LogP contribution is -2.55. The molecule has 2 heteroatoms. The van der Waals surface area contributed by atoms with Gasteiger partial charge in [0.25, 0.3) is 0 Å². The third kappa shape index (κ3) is 1.14. The summed E-state index contributed by atoms with van der Waals surface area (Å²) in [5.41, 5.74) is 5.68. The van der Waals surface area contributed by atoms with Gasteiger partial charge < -0.3 is 5.73 Å². The number of fused-ring (bicyclic) bond motifs is 3. The van der Waals surface area contributed by atoms with E-state index in [0.29, 0.717) is 12.0 Å². The van der Waals surface area contributed by atoms with Crippen molar-refractivity contribution < 1.29 is 0 Å². The number of piperidine rings is 3. The molecule has 3 aliphatic heterocycles. The Morgan fingerprint density at radius 3 is 2.92 bits per heavy atom. The van der Waals surface area contributed by atoms with E-state index in [1.165, 1.54) is 19.4 Å². The molecule has 3 rings (SSSR count). The lowest BCUT2D eigenvalue weighted by molar-refractivity contribution is 0.0267. The van der Waals surface area contributed by atoms with Gasteiger partial charge in [-0.1, -0.05) is 0 Å². The summed E-state index contributed by atoms with van der Waals surface area (Å²) in [6, 6.07) is 0.619. The summed E-state index contributed by atoms with van der Waals surface area (Å²) in [6.07, 6.45) is 7.98. The van der Waals surface area contributed by atoms with Gasteiger partial charge in [-0.2, -0.15) is 0 Å². The van der Waals surface area contributed by atoms with Crippen molar-refractivity contribution in [1.82, 2.24) is 4.90 Å². The van der Waals surface area contributed by atoms with Crippen molar-refractivity contribution in [1.29, 1.82) is 0 Å². The summed E-state index contributed by atoms with van der Waals surface area (Å²) >= 11 is 0. The summed E-state index contributed by atoms with van der Waals surface area (Å²) < 4.78 is 0. The van der Waals surface area contributed by atoms with E-state index in [9.17, 15) is 0 Å². The smallest absolute Gasteiger partial charge is 0.0356 e. The molecule has 0 aliphatic carbocycles. The fourth-order valence-electron chi connectivity index (χ4n) is 2.57. The molecule has 4 atom stereocenters. The number of hydrogen-bond acceptors (Lipinski definition) is 2. The molecule has 0 spiro atoms. The molecule has 3 aliphatic rings. The Bertz CT molecular complexity index is 206. The van der Waals surface area contributed by atoms with E-state index in [-0.39, 0.29) is 0 Å². The van der Waals surface area contributed by atoms with Crippen molar-refractivity contribution in [3.63, 3.8) is 0 Å². The fraction of sp³-hybridized carbons (Fsp3) is 0.800. The average molecular weight is 164 g/mol. The van der Waals surface area contributed by atoms with Gasteiger partial charge in [0, 0.05) is 25.0 Å². The highest BCUT2D eigenvalue weighted by Gasteiger charge is 2.38. The molecule has 3 heterocycles. The van der Waals surface area contributed by atoms with Crippen LogP contribution in [0.3, 0.4) is 0 Å². The van der Waals surface area contributed by atoms with E-state index in [1.807, 2.05) is 0 Å². The standard InChI is InChI=1S/C10H16N2/c1-2-8-7-12-4-3-9(8)5-10(12)6-11/h1,8-10H,3-7,11H2/t8-,9+,10+/m0/s1. The van der Waals surface area contributed by atoms with Crippen LogP contribution in [0.5, 0.6) is 0 Å². The summed E-state index contributed by atoms with van der Waals surface area (Å²) in [6.45, 7) is 3.10. The first-order valence-corrected chi connectivity index (χ1v) is 4.75. The number of rotatable bonds is 1. The van der Waals surface area contributed by atoms with Crippen LogP contribution in [0.25, 0.3) is 0 Å². The maximum absolute atomic E-state index is 5.68. The van der Waals surface area contributed by atoms with Crippen molar-refractivity contribution in [2.45, 2.75) is 18.9 Å². The van der Waals surface area contributed by atoms with Crippen LogP contribution in [-0.2, 0) is 0 Å². The van der Waals surface area contributed by atoms with Crippen LogP contribution in [0.2, 0.25) is 0 Å². The van der Waals surface area contributed by atoms with Gasteiger partial charge in [-0.3, -0.25) is 4.90 Å². The second-order valence-corrected chi connectivity index (χ2v) is 3.94. The molecule has 2 bridgehead atoms. The second kappa shape index (κ2) is 3.08. The topological polar surface area (TPSA) is 29.3 Å². The monoisotopic (exact) mass is 164 g/mol. The summed E-state index contributed by atoms with van der Waals surface area (Å²) in [5.74, 6) is 4.16. The highest BCUT2D eigenvalue weighted by Crippen LogP contribution is 2.35. The third-order valence-corrected chi connectivity index (χ3v) is 3.36. The molecule has 0 aromatic heterocycles. The van der Waals surface area contributed by atoms with Gasteiger partial charge in [-0.25, -0.2) is 0 Å². The highest BCUT2D eigenvalue weighted by atomic mass is 15.2. The van der Waals surface area contributed by atoms with E-state index < -0.39 is 0 Å². The molecule has 0 radical (unpaired) electrons. The van der Waals surface area contributed by atoms with Gasteiger partial charge in [0.1, 0.15) is 0 Å². The number of nitrogens with zero attached hydrogens (tertiary/aromatic N) is 1. The first kappa shape index (κ1) is 8.10. The minimum Gasteiger partial charge on any atom is -0.329 e. The molecule has 0 saturated carbocycles. The average Bonchev–Trinajstić information content (AvgIpc) is 2.18. The molecular formula is C10H16N2. The molecule has 66 valence electrons. The minimum atomic E-state index is 0.501. The SMILES string of the molecule is C#C[C@H]1CN2CC[C@@H]1C[C@@H]2CN. The van der Waals surface area contributed by atoms with Gasteiger partial charge in [-0.05, 0) is 25.3 Å². The molecule has 0 aromatic carbocycles. The molecular weight excluding hydrogens is 148 g/mol. The first-order chi connectivity index (χ1) is 5.85. The van der Waals surface area contributed by atoms with Crippen molar-refractivity contribution >= 4 is 0 Å². The lowest BCUT2D eigenvalue weighted by Gasteiger charge is -2.48. The minimum absolute atomic E-state index is 0.501. The lowest BCUT2D eigenvalue weighted by atomic mass is 9.76. The van der Waals surface area contributed by atoms with Gasteiger partial charge in [-0.15, -0.1) is 12.3 Å². The Balaban J connectivity index is 2.07. The fourth-order valence-corrected chi connectivity index (χ4v) is 2.57. The van der Waals surface area contributed by atoms with Crippen LogP contribution in [-0.4, -0.2) is 30.6 Å². The first-order valence-electron chi connectivity index (χ1n) is 4.75. The molecule has 2 nitrogen and oxygen atoms in total. The largest absolute Gasteiger partial charge is 0.329 e. The zero-order valence-electron chi connectivity index (χ0n) is 7.37. The van der Waals surface area contributed by atoms with E-state index in [2.05, 4.69) is 10.8 Å². The predicted octanol–water partition coefficient (Wildman–Crippen LogP) is 0.289. The molecule has 2 N–H and O–H groups in total. The van der Waals surface area contributed by atoms with Gasteiger partial charge in [0.2, 0.25) is 0 Å². The van der Waals surface area contributed by atoms with Gasteiger partial charge >= 0.3 is 0 Å². The Kier molecular flexibility index (Phi) is 2.08. The van der Waals surface area contributed by atoms with E-state index in [0.717, 1.165) is 19.0 Å². The van der Waals surface area contributed by atoms with Crippen molar-refractivity contribution in [2.75, 3.05) is 19.6 Å². The molecule has 0 amide bonds. The van der Waals surface area contributed by atoms with Crippen molar-refractivity contribution in [3.8, 4) is 12.3 Å². The van der Waals surface area contributed by atoms with E-state index >= 15 is 0 Å². The number of hydrogen-bond donors (Lipinski definition) is 1. The van der Waals surface area contributed by atoms with Crippen LogP contribution in [0.1, 0.15) is 12.8 Å². The molecule has 3 fully saturated rings. The van der Waals surface area contributed by atoms with Crippen LogP contribution in [0.15, 0.2) is 0 Å². The maximum atomic E-state index is 5.68. The molecule has 12 heavy (non-hydrogen) atoms. The zero-order chi connectivity index (χ0) is 8.55. The highest BCUT2D eigenvalue weighted by molar-refractivity contribution is 5.05. The Morgan fingerprint density at radius 2 is 2.42 bits per heavy atom. The van der Waals surface area contributed by atoms with Crippen LogP contribution in [0, 0.1) is 24.2 Å². The quantitative estimate of drug-likeness (QED) is 0.564. The number of nitrogens with two attached hydrogens (primary N) is 1. The van der Waals surface area contributed by atoms with Crippen molar-refractivity contribution in [3.05, 3.63) is 0 Å². The second-order valence-electron chi connectivity index (χ2n) is 3.94. The molecule has 3 saturated heterocycles. The molecule has 1 unspecified atom stereocenters. The van der Waals surface area contributed by atoms with Crippen LogP contribution >= 0.6 is 0 Å². The Labute approximate surface area is 74.1 Å². The zero-order valence-corrected chi connectivity index (χ0v) is 7.37. The van der Waals surface area contributed by atoms with Gasteiger partial charge in [0.15, 0.2) is 0 Å². The normalized spacial score (nSPS) is 45.7. The van der Waals surface area contributed by atoms with Gasteiger partial charge in [0.05, 0.1) is 0 Å². The van der Waals surface area contributed by atoms with Crippen molar-refractivity contribution in [2.24, 2.45) is 17.6 Å². The van der Waals surface area contributed by atoms with E-state index in [4.69, 9.17) is 12.2 Å². The summed E-state index contributed by atoms with van der Waals surface area (Å²) in [7, 11) is 0. The Hall–Kier alpha value is -0.520. The van der Waals surface area contributed by atoms with E-state index in [1.54, 1.807) is 0 Å². The predicted molar refractivity (Wildman–Crippen MR) is 49.5 cm³/mol. The molecule has 0 aromatic rings. The number of terminal acetylenes is 1.